The lowest BCUT2D eigenvalue weighted by molar-refractivity contribution is -0.148. The van der Waals surface area contributed by atoms with Crippen LogP contribution in [-0.4, -0.2) is 44.9 Å². The number of hydrogen-bond acceptors (Lipinski definition) is 5. The van der Waals surface area contributed by atoms with Crippen LogP contribution in [0, 0.1) is 17.5 Å². The molecular formula is C20H22F6N6O2. The summed E-state index contributed by atoms with van der Waals surface area (Å²) in [6.07, 6.45) is -5.71. The molecular weight excluding hydrogens is 470 g/mol. The summed E-state index contributed by atoms with van der Waals surface area (Å²) in [6, 6.07) is -1.21. The third-order valence-electron chi connectivity index (χ3n) is 5.48. The summed E-state index contributed by atoms with van der Waals surface area (Å²) in [7, 11) is 0. The smallest absolute Gasteiger partial charge is 0.368 e. The van der Waals surface area contributed by atoms with E-state index in [1.54, 1.807) is 0 Å². The van der Waals surface area contributed by atoms with Crippen molar-refractivity contribution < 1.29 is 35.9 Å². The average molecular weight is 492 g/mol. The molecule has 0 saturated heterocycles. The van der Waals surface area contributed by atoms with E-state index < -0.39 is 53.4 Å². The number of aromatic nitrogens is 2. The number of benzene rings is 1. The van der Waals surface area contributed by atoms with Crippen molar-refractivity contribution in [2.45, 2.75) is 50.6 Å². The number of nitrogens with two attached hydrogens (primary N) is 3. The molecule has 8 nitrogen and oxygen atoms in total. The monoisotopic (exact) mass is 492 g/mol. The first kappa shape index (κ1) is 25.5. The Bertz CT molecular complexity index is 1100. The van der Waals surface area contributed by atoms with Crippen molar-refractivity contribution in [2.24, 2.45) is 17.2 Å². The molecule has 1 aliphatic rings. The lowest BCUT2D eigenvalue weighted by Gasteiger charge is -2.30. The molecule has 2 heterocycles. The highest BCUT2D eigenvalue weighted by atomic mass is 19.4. The number of hydrogen-bond donors (Lipinski definition) is 3. The van der Waals surface area contributed by atoms with E-state index in [0.29, 0.717) is 12.1 Å². The van der Waals surface area contributed by atoms with E-state index in [0.717, 1.165) is 4.57 Å². The topological polar surface area (TPSA) is 133 Å². The zero-order valence-corrected chi connectivity index (χ0v) is 17.7. The van der Waals surface area contributed by atoms with E-state index in [2.05, 4.69) is 4.98 Å². The first-order valence-electron chi connectivity index (χ1n) is 10.1. The maximum atomic E-state index is 13.9. The minimum Gasteiger partial charge on any atom is -0.368 e. The van der Waals surface area contributed by atoms with Crippen molar-refractivity contribution in [3.63, 3.8) is 0 Å². The first-order valence-corrected chi connectivity index (χ1v) is 10.1. The predicted octanol–water partition coefficient (Wildman–Crippen LogP) is 0.977. The number of fused-ring (bicyclic) bond motifs is 1. The average Bonchev–Trinajstić information content (AvgIpc) is 3.10. The molecule has 0 saturated carbocycles. The van der Waals surface area contributed by atoms with Crippen LogP contribution in [0.5, 0.6) is 0 Å². The van der Waals surface area contributed by atoms with Gasteiger partial charge >= 0.3 is 6.18 Å². The molecule has 0 radical (unpaired) electrons. The number of primary amides is 1. The van der Waals surface area contributed by atoms with Crippen LogP contribution in [0.3, 0.4) is 0 Å². The molecule has 14 heteroatoms. The highest BCUT2D eigenvalue weighted by molar-refractivity contribution is 5.80. The van der Waals surface area contributed by atoms with Gasteiger partial charge in [-0.05, 0) is 18.1 Å². The van der Waals surface area contributed by atoms with E-state index in [9.17, 15) is 35.9 Å². The zero-order chi connectivity index (χ0) is 25.4. The highest BCUT2D eigenvalue weighted by Crippen LogP contribution is 2.32. The third kappa shape index (κ3) is 5.50. The molecule has 2 aromatic rings. The number of carbonyl (C=O) groups is 2. The summed E-state index contributed by atoms with van der Waals surface area (Å²) in [6.45, 7) is -0.560. The highest BCUT2D eigenvalue weighted by Gasteiger charge is 2.41. The molecule has 186 valence electrons. The summed E-state index contributed by atoms with van der Waals surface area (Å²) >= 11 is 0. The largest absolute Gasteiger partial charge is 0.449 e. The van der Waals surface area contributed by atoms with Gasteiger partial charge in [-0.25, -0.2) is 18.2 Å². The molecule has 2 atom stereocenters. The molecule has 1 unspecified atom stereocenters. The minimum atomic E-state index is -4.77. The number of halogens is 6. The maximum Gasteiger partial charge on any atom is 0.449 e. The van der Waals surface area contributed by atoms with E-state index >= 15 is 0 Å². The number of rotatable bonds is 7. The Balaban J connectivity index is 1.75. The van der Waals surface area contributed by atoms with Gasteiger partial charge in [0.15, 0.2) is 11.6 Å². The lowest BCUT2D eigenvalue weighted by atomic mass is 10.0. The van der Waals surface area contributed by atoms with Gasteiger partial charge in [0.05, 0.1) is 24.0 Å². The first-order chi connectivity index (χ1) is 15.8. The fourth-order valence-electron chi connectivity index (χ4n) is 3.76. The summed E-state index contributed by atoms with van der Waals surface area (Å²) in [5, 5.41) is 0. The molecule has 2 amide bonds. The number of imidazole rings is 1. The normalized spacial score (nSPS) is 15.7. The molecule has 0 spiro atoms. The van der Waals surface area contributed by atoms with Gasteiger partial charge in [0.2, 0.25) is 17.6 Å². The van der Waals surface area contributed by atoms with Crippen molar-refractivity contribution in [3.05, 3.63) is 52.4 Å². The summed E-state index contributed by atoms with van der Waals surface area (Å²) in [5.41, 5.74) is 16.3. The van der Waals surface area contributed by atoms with Crippen molar-refractivity contribution in [3.8, 4) is 0 Å². The zero-order valence-electron chi connectivity index (χ0n) is 17.7. The van der Waals surface area contributed by atoms with Crippen LogP contribution < -0.4 is 17.2 Å². The minimum absolute atomic E-state index is 0.0591. The fourth-order valence-corrected chi connectivity index (χ4v) is 3.76. The second-order valence-electron chi connectivity index (χ2n) is 8.03. The van der Waals surface area contributed by atoms with Crippen molar-refractivity contribution in [2.75, 3.05) is 6.54 Å². The quantitative estimate of drug-likeness (QED) is 0.392. The van der Waals surface area contributed by atoms with Crippen LogP contribution >= 0.6 is 0 Å². The Morgan fingerprint density at radius 1 is 1.03 bits per heavy atom. The van der Waals surface area contributed by atoms with E-state index in [1.165, 1.54) is 4.90 Å². The van der Waals surface area contributed by atoms with Gasteiger partial charge in [0.25, 0.3) is 0 Å². The van der Waals surface area contributed by atoms with Gasteiger partial charge in [0, 0.05) is 38.0 Å². The Kier molecular flexibility index (Phi) is 7.21. The number of carbonyl (C=O) groups excluding carboxylic acids is 2. The molecule has 0 bridgehead atoms. The van der Waals surface area contributed by atoms with Crippen LogP contribution in [0.25, 0.3) is 0 Å². The Hall–Kier alpha value is -3.13. The molecule has 1 aromatic heterocycles. The van der Waals surface area contributed by atoms with Crippen LogP contribution in [-0.2, 0) is 41.7 Å². The third-order valence-corrected chi connectivity index (χ3v) is 5.48. The Morgan fingerprint density at radius 2 is 1.68 bits per heavy atom. The van der Waals surface area contributed by atoms with Crippen molar-refractivity contribution >= 4 is 11.8 Å². The summed E-state index contributed by atoms with van der Waals surface area (Å²) in [4.78, 5) is 28.9. The molecule has 0 fully saturated rings. The second kappa shape index (κ2) is 9.62. The van der Waals surface area contributed by atoms with Gasteiger partial charge < -0.3 is 26.7 Å². The van der Waals surface area contributed by atoms with E-state index in [1.807, 2.05) is 0 Å². The molecule has 34 heavy (non-hydrogen) atoms. The standard InChI is InChI=1S/C20H22F6N6O2/c21-11-6-13(23)12(22)4-9(11)3-10(27)5-17(33)31-1-2-32-16(8-31)15(7-14(28)18(29)34)30-19(32)20(24,25)26/h4,6,10,14H,1-3,5,7-8,27-28H2,(H2,29,34)/t10?,14-/m1/s1. The van der Waals surface area contributed by atoms with Gasteiger partial charge in [0.1, 0.15) is 5.82 Å². The molecule has 1 aromatic carbocycles. The lowest BCUT2D eigenvalue weighted by Crippen LogP contribution is -2.42. The maximum absolute atomic E-state index is 13.9. The predicted molar refractivity (Wildman–Crippen MR) is 106 cm³/mol. The molecule has 6 N–H and O–H groups in total. The summed E-state index contributed by atoms with van der Waals surface area (Å²) < 4.78 is 81.5. The SMILES string of the molecule is NC(=O)[C@H](N)Cc1nc(C(F)(F)F)n2c1CN(C(=O)CC(N)Cc1cc(F)c(F)cc1F)CC2. The fraction of sp³-hybridized carbons (Fsp3) is 0.450. The van der Waals surface area contributed by atoms with Crippen molar-refractivity contribution in [1.29, 1.82) is 0 Å². The van der Waals surface area contributed by atoms with Crippen LogP contribution in [0.2, 0.25) is 0 Å². The number of alkyl halides is 3. The van der Waals surface area contributed by atoms with E-state index in [4.69, 9.17) is 17.2 Å². The Morgan fingerprint density at radius 3 is 2.29 bits per heavy atom. The summed E-state index contributed by atoms with van der Waals surface area (Å²) in [5.74, 6) is -6.27. The van der Waals surface area contributed by atoms with Gasteiger partial charge in [-0.2, -0.15) is 13.2 Å². The molecule has 1 aliphatic heterocycles. The Labute approximate surface area is 189 Å². The van der Waals surface area contributed by atoms with Crippen molar-refractivity contribution in [1.82, 2.24) is 14.5 Å². The number of nitrogens with zero attached hydrogens (tertiary/aromatic N) is 3. The van der Waals surface area contributed by atoms with Gasteiger partial charge in [-0.15, -0.1) is 0 Å². The van der Waals surface area contributed by atoms with Gasteiger partial charge in [-0.1, -0.05) is 0 Å². The second-order valence-corrected chi connectivity index (χ2v) is 8.03. The number of amides is 2. The van der Waals surface area contributed by atoms with Crippen LogP contribution in [0.4, 0.5) is 26.3 Å². The van der Waals surface area contributed by atoms with Gasteiger partial charge in [-0.3, -0.25) is 9.59 Å². The van der Waals surface area contributed by atoms with E-state index in [-0.39, 0.29) is 55.8 Å². The van der Waals surface area contributed by atoms with Crippen LogP contribution in [0.15, 0.2) is 12.1 Å². The van der Waals surface area contributed by atoms with Crippen LogP contribution in [0.1, 0.15) is 29.2 Å². The molecule has 0 aliphatic carbocycles. The molecule has 3 rings (SSSR count).